The van der Waals surface area contributed by atoms with Crippen molar-refractivity contribution in [2.45, 2.75) is 25.8 Å². The number of ether oxygens (including phenoxy) is 1. The third kappa shape index (κ3) is 3.91. The van der Waals surface area contributed by atoms with Gasteiger partial charge in [-0.3, -0.25) is 14.6 Å². The smallest absolute Gasteiger partial charge is 0.236 e. The van der Waals surface area contributed by atoms with Crippen molar-refractivity contribution >= 4 is 5.91 Å². The second-order valence-electron chi connectivity index (χ2n) is 5.56. The number of likely N-dealkylation sites (tertiary alicyclic amines) is 1. The fourth-order valence-electron chi connectivity index (χ4n) is 2.85. The molecular formula is C14H27N3O2. The topological polar surface area (TPSA) is 36.0 Å². The van der Waals surface area contributed by atoms with Crippen LogP contribution >= 0.6 is 0 Å². The van der Waals surface area contributed by atoms with Crippen LogP contribution in [-0.4, -0.2) is 86.2 Å². The highest BCUT2D eigenvalue weighted by molar-refractivity contribution is 5.78. The Hall–Kier alpha value is -0.650. The molecule has 5 heteroatoms. The fraction of sp³-hybridized carbons (Fsp3) is 0.929. The van der Waals surface area contributed by atoms with Gasteiger partial charge in [-0.1, -0.05) is 6.92 Å². The van der Waals surface area contributed by atoms with E-state index >= 15 is 0 Å². The molecule has 0 aromatic carbocycles. The average molecular weight is 269 g/mol. The molecule has 110 valence electrons. The molecule has 2 aliphatic rings. The van der Waals surface area contributed by atoms with Gasteiger partial charge >= 0.3 is 0 Å². The molecule has 0 aromatic rings. The van der Waals surface area contributed by atoms with E-state index in [1.807, 2.05) is 4.90 Å². The summed E-state index contributed by atoms with van der Waals surface area (Å²) in [5.74, 6) is 0.312. The summed E-state index contributed by atoms with van der Waals surface area (Å²) >= 11 is 0. The maximum atomic E-state index is 12.0. The van der Waals surface area contributed by atoms with Crippen molar-refractivity contribution in [2.75, 3.05) is 59.5 Å². The minimum Gasteiger partial charge on any atom is -0.383 e. The number of hydrogen-bond acceptors (Lipinski definition) is 4. The lowest BCUT2D eigenvalue weighted by molar-refractivity contribution is -0.136. The van der Waals surface area contributed by atoms with Crippen LogP contribution in [0.5, 0.6) is 0 Å². The number of amides is 1. The monoisotopic (exact) mass is 269 g/mol. The van der Waals surface area contributed by atoms with Crippen molar-refractivity contribution in [3.63, 3.8) is 0 Å². The van der Waals surface area contributed by atoms with E-state index in [0.717, 1.165) is 52.3 Å². The summed E-state index contributed by atoms with van der Waals surface area (Å²) in [6, 6.07) is 0.563. The summed E-state index contributed by atoms with van der Waals surface area (Å²) in [6.07, 6.45) is 2.31. The molecule has 5 nitrogen and oxygen atoms in total. The fourth-order valence-corrected chi connectivity index (χ4v) is 2.85. The Kier molecular flexibility index (Phi) is 5.60. The summed E-state index contributed by atoms with van der Waals surface area (Å²) < 4.78 is 5.17. The van der Waals surface area contributed by atoms with Crippen LogP contribution in [0, 0.1) is 0 Å². The summed E-state index contributed by atoms with van der Waals surface area (Å²) in [5.41, 5.74) is 0. The Morgan fingerprint density at radius 3 is 2.63 bits per heavy atom. The number of hydrogen-bond donors (Lipinski definition) is 0. The van der Waals surface area contributed by atoms with Crippen molar-refractivity contribution in [2.24, 2.45) is 0 Å². The first-order valence-corrected chi connectivity index (χ1v) is 7.47. The number of carbonyl (C=O) groups is 1. The molecule has 0 aliphatic carbocycles. The minimum absolute atomic E-state index is 0.312. The molecule has 0 unspecified atom stereocenters. The summed E-state index contributed by atoms with van der Waals surface area (Å²) in [4.78, 5) is 18.8. The molecule has 0 radical (unpaired) electrons. The Balaban J connectivity index is 1.77. The molecule has 19 heavy (non-hydrogen) atoms. The zero-order chi connectivity index (χ0) is 13.7. The Morgan fingerprint density at radius 1 is 1.26 bits per heavy atom. The van der Waals surface area contributed by atoms with Crippen molar-refractivity contribution in [3.05, 3.63) is 0 Å². The molecule has 2 heterocycles. The third-order valence-corrected chi connectivity index (χ3v) is 4.31. The molecule has 2 rings (SSSR count). The number of methoxy groups -OCH3 is 1. The SMILES string of the molecule is CC[C@@H]1CN(CC(=O)N2CCC2)CCN1CCOC. The number of nitrogens with zero attached hydrogens (tertiary/aromatic N) is 3. The van der Waals surface area contributed by atoms with Gasteiger partial charge in [0.15, 0.2) is 0 Å². The zero-order valence-electron chi connectivity index (χ0n) is 12.3. The van der Waals surface area contributed by atoms with Crippen LogP contribution in [0.15, 0.2) is 0 Å². The van der Waals surface area contributed by atoms with Gasteiger partial charge in [-0.25, -0.2) is 0 Å². The maximum absolute atomic E-state index is 12.0. The Bertz CT molecular complexity index is 294. The molecule has 0 saturated carbocycles. The molecular weight excluding hydrogens is 242 g/mol. The minimum atomic E-state index is 0.312. The first-order chi connectivity index (χ1) is 9.24. The van der Waals surface area contributed by atoms with Gasteiger partial charge in [0, 0.05) is 52.4 Å². The van der Waals surface area contributed by atoms with E-state index in [0.29, 0.717) is 18.5 Å². The standard InChI is InChI=1S/C14H27N3O2/c1-3-13-11-15(7-8-16(13)9-10-19-2)12-14(18)17-5-4-6-17/h13H,3-12H2,1-2H3/t13-/m1/s1. The molecule has 2 saturated heterocycles. The Labute approximate surface area is 116 Å². The highest BCUT2D eigenvalue weighted by Crippen LogP contribution is 2.14. The molecule has 0 N–H and O–H groups in total. The highest BCUT2D eigenvalue weighted by Gasteiger charge is 2.28. The van der Waals surface area contributed by atoms with E-state index < -0.39 is 0 Å². The predicted molar refractivity (Wildman–Crippen MR) is 75.2 cm³/mol. The Morgan fingerprint density at radius 2 is 2.05 bits per heavy atom. The quantitative estimate of drug-likeness (QED) is 0.693. The van der Waals surface area contributed by atoms with Crippen molar-refractivity contribution in [3.8, 4) is 0 Å². The van der Waals surface area contributed by atoms with E-state index in [2.05, 4.69) is 16.7 Å². The number of carbonyl (C=O) groups excluding carboxylic acids is 1. The van der Waals surface area contributed by atoms with Gasteiger partial charge in [-0.2, -0.15) is 0 Å². The van der Waals surface area contributed by atoms with Gasteiger partial charge in [-0.05, 0) is 12.8 Å². The first-order valence-electron chi connectivity index (χ1n) is 7.47. The van der Waals surface area contributed by atoms with Crippen LogP contribution in [0.2, 0.25) is 0 Å². The lowest BCUT2D eigenvalue weighted by atomic mass is 10.1. The van der Waals surface area contributed by atoms with E-state index in [9.17, 15) is 4.79 Å². The molecule has 1 atom stereocenters. The maximum Gasteiger partial charge on any atom is 0.236 e. The number of rotatable bonds is 6. The van der Waals surface area contributed by atoms with Crippen molar-refractivity contribution in [1.82, 2.24) is 14.7 Å². The molecule has 0 spiro atoms. The van der Waals surface area contributed by atoms with E-state index in [1.54, 1.807) is 7.11 Å². The van der Waals surface area contributed by atoms with Crippen LogP contribution in [0.4, 0.5) is 0 Å². The molecule has 0 bridgehead atoms. The third-order valence-electron chi connectivity index (χ3n) is 4.31. The normalized spacial score (nSPS) is 25.4. The van der Waals surface area contributed by atoms with Gasteiger partial charge in [0.25, 0.3) is 0 Å². The van der Waals surface area contributed by atoms with Gasteiger partial charge in [0.1, 0.15) is 0 Å². The molecule has 0 aromatic heterocycles. The first kappa shape index (κ1) is 14.8. The van der Waals surface area contributed by atoms with Gasteiger partial charge in [-0.15, -0.1) is 0 Å². The molecule has 1 amide bonds. The average Bonchev–Trinajstić information content (AvgIpc) is 2.34. The van der Waals surface area contributed by atoms with Crippen LogP contribution in [0.25, 0.3) is 0 Å². The lowest BCUT2D eigenvalue weighted by Crippen LogP contribution is -2.56. The van der Waals surface area contributed by atoms with Crippen molar-refractivity contribution in [1.29, 1.82) is 0 Å². The highest BCUT2D eigenvalue weighted by atomic mass is 16.5. The molecule has 2 fully saturated rings. The second kappa shape index (κ2) is 7.22. The van der Waals surface area contributed by atoms with E-state index in [1.165, 1.54) is 6.42 Å². The van der Waals surface area contributed by atoms with Gasteiger partial charge in [0.05, 0.1) is 13.2 Å². The van der Waals surface area contributed by atoms with Crippen molar-refractivity contribution < 1.29 is 9.53 Å². The summed E-state index contributed by atoms with van der Waals surface area (Å²) in [6.45, 7) is 9.62. The van der Waals surface area contributed by atoms with Gasteiger partial charge < -0.3 is 9.64 Å². The number of piperazine rings is 1. The van der Waals surface area contributed by atoms with Gasteiger partial charge in [0.2, 0.25) is 5.91 Å². The van der Waals surface area contributed by atoms with Crippen LogP contribution in [0.3, 0.4) is 0 Å². The second-order valence-corrected chi connectivity index (χ2v) is 5.56. The lowest BCUT2D eigenvalue weighted by Gasteiger charge is -2.42. The van der Waals surface area contributed by atoms with Crippen LogP contribution in [-0.2, 0) is 9.53 Å². The predicted octanol–water partition coefficient (Wildman–Crippen LogP) is 0.261. The molecule has 2 aliphatic heterocycles. The van der Waals surface area contributed by atoms with Crippen LogP contribution in [0.1, 0.15) is 19.8 Å². The van der Waals surface area contributed by atoms with E-state index in [-0.39, 0.29) is 0 Å². The largest absolute Gasteiger partial charge is 0.383 e. The van der Waals surface area contributed by atoms with Crippen LogP contribution < -0.4 is 0 Å². The zero-order valence-corrected chi connectivity index (χ0v) is 12.3. The van der Waals surface area contributed by atoms with E-state index in [4.69, 9.17) is 4.74 Å². The summed E-state index contributed by atoms with van der Waals surface area (Å²) in [5, 5.41) is 0. The summed E-state index contributed by atoms with van der Waals surface area (Å²) in [7, 11) is 1.75.